The summed E-state index contributed by atoms with van der Waals surface area (Å²) in [5, 5.41) is 3.03. The highest BCUT2D eigenvalue weighted by Crippen LogP contribution is 2.39. The normalized spacial score (nSPS) is 20.3. The minimum atomic E-state index is -0.287. The van der Waals surface area contributed by atoms with Crippen LogP contribution in [0.15, 0.2) is 48.5 Å². The number of amides is 1. The van der Waals surface area contributed by atoms with E-state index in [0.29, 0.717) is 31.3 Å². The van der Waals surface area contributed by atoms with E-state index >= 15 is 0 Å². The van der Waals surface area contributed by atoms with Gasteiger partial charge in [-0.25, -0.2) is 0 Å². The molecule has 2 aromatic rings. The van der Waals surface area contributed by atoms with Crippen molar-refractivity contribution in [2.75, 3.05) is 27.4 Å². The highest BCUT2D eigenvalue weighted by molar-refractivity contribution is 5.50. The maximum absolute atomic E-state index is 11.3. The zero-order valence-corrected chi connectivity index (χ0v) is 17.8. The number of hydrogen-bond acceptors (Lipinski definition) is 5. The minimum Gasteiger partial charge on any atom is -0.493 e. The molecule has 1 saturated carbocycles. The van der Waals surface area contributed by atoms with Gasteiger partial charge in [-0.2, -0.15) is 0 Å². The van der Waals surface area contributed by atoms with Crippen LogP contribution < -0.4 is 14.8 Å². The van der Waals surface area contributed by atoms with Crippen molar-refractivity contribution in [3.8, 4) is 11.5 Å². The van der Waals surface area contributed by atoms with Crippen LogP contribution in [-0.2, 0) is 27.3 Å². The second-order valence-corrected chi connectivity index (χ2v) is 7.73. The number of nitrogens with one attached hydrogen (secondary N) is 1. The van der Waals surface area contributed by atoms with Crippen LogP contribution in [-0.4, -0.2) is 45.5 Å². The van der Waals surface area contributed by atoms with E-state index in [9.17, 15) is 4.79 Å². The number of methoxy groups -OCH3 is 2. The Morgan fingerprint density at radius 1 is 1.03 bits per heavy atom. The van der Waals surface area contributed by atoms with Crippen molar-refractivity contribution in [1.29, 1.82) is 0 Å². The highest BCUT2D eigenvalue weighted by Gasteiger charge is 2.44. The molecular weight excluding hydrogens is 382 g/mol. The summed E-state index contributed by atoms with van der Waals surface area (Å²) in [5.41, 5.74) is 1.96. The van der Waals surface area contributed by atoms with Gasteiger partial charge in [0.15, 0.2) is 11.5 Å². The van der Waals surface area contributed by atoms with Gasteiger partial charge in [-0.15, -0.1) is 0 Å². The molecule has 0 unspecified atom stereocenters. The molecule has 1 aliphatic rings. The van der Waals surface area contributed by atoms with Crippen LogP contribution in [0.25, 0.3) is 0 Å². The summed E-state index contributed by atoms with van der Waals surface area (Å²) in [6, 6.07) is 16.1. The fourth-order valence-electron chi connectivity index (χ4n) is 3.88. The number of carbonyl (C=O) groups excluding carboxylic acids is 1. The lowest BCUT2D eigenvalue weighted by Crippen LogP contribution is -2.59. The molecule has 0 heterocycles. The quantitative estimate of drug-likeness (QED) is 0.402. The summed E-state index contributed by atoms with van der Waals surface area (Å²) in [6.07, 6.45) is 4.03. The lowest BCUT2D eigenvalue weighted by atomic mass is 9.70. The summed E-state index contributed by atoms with van der Waals surface area (Å²) in [6.45, 7) is 1.80. The largest absolute Gasteiger partial charge is 0.493 e. The fourth-order valence-corrected chi connectivity index (χ4v) is 3.88. The van der Waals surface area contributed by atoms with Crippen LogP contribution in [0.4, 0.5) is 0 Å². The molecule has 1 N–H and O–H groups in total. The van der Waals surface area contributed by atoms with Crippen LogP contribution in [0, 0.1) is 0 Å². The Morgan fingerprint density at radius 3 is 2.53 bits per heavy atom. The van der Waals surface area contributed by atoms with E-state index < -0.39 is 0 Å². The van der Waals surface area contributed by atoms with Crippen LogP contribution in [0.5, 0.6) is 11.5 Å². The third-order valence-corrected chi connectivity index (χ3v) is 5.45. The van der Waals surface area contributed by atoms with E-state index in [0.717, 1.165) is 43.2 Å². The molecule has 0 saturated heterocycles. The molecule has 162 valence electrons. The fraction of sp³-hybridized carbons (Fsp3) is 0.458. The molecule has 0 aliphatic heterocycles. The number of carbonyl (C=O) groups is 1. The molecule has 6 heteroatoms. The van der Waals surface area contributed by atoms with Gasteiger partial charge in [0.25, 0.3) is 0 Å². The van der Waals surface area contributed by atoms with Crippen molar-refractivity contribution in [3.63, 3.8) is 0 Å². The van der Waals surface area contributed by atoms with Gasteiger partial charge in [-0.3, -0.25) is 4.79 Å². The van der Waals surface area contributed by atoms with Crippen LogP contribution in [0.1, 0.15) is 30.4 Å². The first-order valence-electron chi connectivity index (χ1n) is 10.3. The number of ether oxygens (including phenoxy) is 4. The summed E-state index contributed by atoms with van der Waals surface area (Å²) >= 11 is 0. The molecule has 3 rings (SSSR count). The average Bonchev–Trinajstić information content (AvgIpc) is 2.74. The highest BCUT2D eigenvalue weighted by atomic mass is 16.5. The second-order valence-electron chi connectivity index (χ2n) is 7.73. The minimum absolute atomic E-state index is 0.140. The monoisotopic (exact) mass is 413 g/mol. The lowest BCUT2D eigenvalue weighted by molar-refractivity contribution is -0.116. The molecule has 6 nitrogen and oxygen atoms in total. The SMILES string of the molecule is COCCCOc1cc(CC2(NC=O)CC(OCc3ccccc3)C2)ccc1OC. The molecule has 0 radical (unpaired) electrons. The van der Waals surface area contributed by atoms with Crippen molar-refractivity contribution < 1.29 is 23.7 Å². The molecule has 2 aromatic carbocycles. The second kappa shape index (κ2) is 11.0. The molecule has 1 fully saturated rings. The number of rotatable bonds is 13. The number of hydrogen-bond donors (Lipinski definition) is 1. The third-order valence-electron chi connectivity index (χ3n) is 5.45. The maximum Gasteiger partial charge on any atom is 0.207 e. The van der Waals surface area contributed by atoms with Crippen molar-refractivity contribution >= 4 is 6.41 Å². The van der Waals surface area contributed by atoms with E-state index in [1.807, 2.05) is 36.4 Å². The van der Waals surface area contributed by atoms with Gasteiger partial charge in [0.2, 0.25) is 6.41 Å². The van der Waals surface area contributed by atoms with Gasteiger partial charge in [-0.1, -0.05) is 36.4 Å². The number of benzene rings is 2. The van der Waals surface area contributed by atoms with E-state index in [2.05, 4.69) is 17.4 Å². The molecule has 0 spiro atoms. The summed E-state index contributed by atoms with van der Waals surface area (Å²) in [4.78, 5) is 11.3. The first kappa shape index (κ1) is 22.1. The van der Waals surface area contributed by atoms with Crippen LogP contribution >= 0.6 is 0 Å². The van der Waals surface area contributed by atoms with Gasteiger partial charge in [-0.05, 0) is 42.5 Å². The predicted octanol–water partition coefficient (Wildman–Crippen LogP) is 3.52. The topological polar surface area (TPSA) is 66.0 Å². The Morgan fingerprint density at radius 2 is 1.83 bits per heavy atom. The maximum atomic E-state index is 11.3. The van der Waals surface area contributed by atoms with Crippen molar-refractivity contribution in [2.24, 2.45) is 0 Å². The molecule has 0 aromatic heterocycles. The Bertz CT molecular complexity index is 789. The Labute approximate surface area is 178 Å². The van der Waals surface area contributed by atoms with E-state index in [-0.39, 0.29) is 11.6 Å². The molecule has 30 heavy (non-hydrogen) atoms. The van der Waals surface area contributed by atoms with Gasteiger partial charge in [0.05, 0.1) is 26.4 Å². The van der Waals surface area contributed by atoms with Gasteiger partial charge in [0.1, 0.15) is 0 Å². The molecule has 1 aliphatic carbocycles. The summed E-state index contributed by atoms with van der Waals surface area (Å²) in [7, 11) is 3.31. The van der Waals surface area contributed by atoms with Crippen molar-refractivity contribution in [1.82, 2.24) is 5.32 Å². The summed E-state index contributed by atoms with van der Waals surface area (Å²) in [5.74, 6) is 1.41. The van der Waals surface area contributed by atoms with Gasteiger partial charge < -0.3 is 24.3 Å². The zero-order chi connectivity index (χ0) is 21.2. The third kappa shape index (κ3) is 5.97. The van der Waals surface area contributed by atoms with E-state index in [4.69, 9.17) is 18.9 Å². The van der Waals surface area contributed by atoms with E-state index in [1.165, 1.54) is 0 Å². The molecule has 1 amide bonds. The first-order chi connectivity index (χ1) is 14.7. The molecular formula is C24H31NO5. The smallest absolute Gasteiger partial charge is 0.207 e. The summed E-state index contributed by atoms with van der Waals surface area (Å²) < 4.78 is 22.4. The molecule has 0 atom stereocenters. The predicted molar refractivity (Wildman–Crippen MR) is 115 cm³/mol. The Hall–Kier alpha value is -2.57. The Kier molecular flexibility index (Phi) is 8.11. The average molecular weight is 414 g/mol. The zero-order valence-electron chi connectivity index (χ0n) is 17.8. The van der Waals surface area contributed by atoms with Crippen molar-refractivity contribution in [2.45, 2.75) is 43.9 Å². The molecule has 0 bridgehead atoms. The standard InChI is InChI=1S/C24H31NO5/c1-27-11-6-12-29-23-13-20(9-10-22(23)28-2)14-24(25-18-26)15-21(16-24)30-17-19-7-4-3-5-8-19/h3-5,7-10,13,18,21H,6,11-12,14-17H2,1-2H3,(H,25,26). The lowest BCUT2D eigenvalue weighted by Gasteiger charge is -2.47. The van der Waals surface area contributed by atoms with Crippen LogP contribution in [0.3, 0.4) is 0 Å². The van der Waals surface area contributed by atoms with Gasteiger partial charge in [0, 0.05) is 25.7 Å². The van der Waals surface area contributed by atoms with Gasteiger partial charge >= 0.3 is 0 Å². The van der Waals surface area contributed by atoms with Crippen LogP contribution in [0.2, 0.25) is 0 Å². The van der Waals surface area contributed by atoms with Crippen molar-refractivity contribution in [3.05, 3.63) is 59.7 Å². The first-order valence-corrected chi connectivity index (χ1v) is 10.3. The Balaban J connectivity index is 1.58. The van der Waals surface area contributed by atoms with E-state index in [1.54, 1.807) is 14.2 Å².